The molecule has 0 bridgehead atoms. The third kappa shape index (κ3) is 44.2. The van der Waals surface area contributed by atoms with E-state index in [0.29, 0.717) is 18.3 Å². The fourth-order valence-electron chi connectivity index (χ4n) is 3.24. The zero-order chi connectivity index (χ0) is 27.0. The number of carboxylic acid groups (broad SMARTS) is 3. The fourth-order valence-corrected chi connectivity index (χ4v) is 3.24. The van der Waals surface area contributed by atoms with Crippen molar-refractivity contribution in [1.29, 1.82) is 0 Å². The minimum atomic E-state index is -0.675. The van der Waals surface area contributed by atoms with Gasteiger partial charge in [-0.25, -0.2) is 0 Å². The molecule has 208 valence electrons. The summed E-state index contributed by atoms with van der Waals surface area (Å²) < 4.78 is 0. The van der Waals surface area contributed by atoms with E-state index in [4.69, 9.17) is 15.3 Å². The van der Waals surface area contributed by atoms with Crippen molar-refractivity contribution >= 4 is 17.9 Å². The first-order chi connectivity index (χ1) is 15.8. The molecule has 1 atom stereocenters. The van der Waals surface area contributed by atoms with Gasteiger partial charge in [0, 0.05) is 54.6 Å². The molecule has 0 aromatic carbocycles. The molecule has 0 heterocycles. The third-order valence-electron chi connectivity index (χ3n) is 5.49. The van der Waals surface area contributed by atoms with E-state index in [1.807, 2.05) is 6.92 Å². The summed E-state index contributed by atoms with van der Waals surface area (Å²) in [4.78, 5) is 30.7. The van der Waals surface area contributed by atoms with E-state index in [1.54, 1.807) is 0 Å². The second-order valence-electron chi connectivity index (χ2n) is 10.8. The van der Waals surface area contributed by atoms with Gasteiger partial charge in [-0.2, -0.15) is 0 Å². The molecule has 0 saturated carbocycles. The average Bonchev–Trinajstić information content (AvgIpc) is 2.70. The number of hydrogen-bond donors (Lipinski definition) is 3. The van der Waals surface area contributed by atoms with Crippen LogP contribution in [-0.2, 0) is 14.4 Å². The number of hydrogen-bond acceptors (Lipinski definition) is 3. The molecule has 0 spiro atoms. The maximum Gasteiger partial charge on any atom is 0.306 e. The van der Waals surface area contributed by atoms with Gasteiger partial charge in [0.1, 0.15) is 0 Å². The Morgan fingerprint density at radius 2 is 1.14 bits per heavy atom. The largest absolute Gasteiger partial charge is 0.481 e. The number of unbranched alkanes of at least 4 members (excludes halogenated alkanes) is 6. The van der Waals surface area contributed by atoms with Gasteiger partial charge in [0.05, 0.1) is 5.92 Å². The molecule has 35 heavy (non-hydrogen) atoms. The predicted octanol–water partition coefficient (Wildman–Crippen LogP) is 8.42. The van der Waals surface area contributed by atoms with Crippen molar-refractivity contribution in [2.24, 2.45) is 17.3 Å². The van der Waals surface area contributed by atoms with Crippen LogP contribution in [0.4, 0.5) is 0 Å². The smallest absolute Gasteiger partial charge is 0.306 e. The summed E-state index contributed by atoms with van der Waals surface area (Å²) in [6, 6.07) is 0. The van der Waals surface area contributed by atoms with Gasteiger partial charge in [-0.3, -0.25) is 14.4 Å². The summed E-state index contributed by atoms with van der Waals surface area (Å²) in [5, 5.41) is 25.3. The van der Waals surface area contributed by atoms with Crippen LogP contribution in [0.2, 0.25) is 0 Å². The molecule has 0 rings (SSSR count). The molecule has 6 nitrogen and oxygen atoms in total. The Morgan fingerprint density at radius 3 is 1.49 bits per heavy atom. The van der Waals surface area contributed by atoms with Crippen molar-refractivity contribution < 1.29 is 71.5 Å². The van der Waals surface area contributed by atoms with Crippen molar-refractivity contribution in [2.75, 3.05) is 0 Å². The van der Waals surface area contributed by atoms with Gasteiger partial charge >= 0.3 is 17.9 Å². The van der Waals surface area contributed by atoms with Crippen LogP contribution >= 0.6 is 0 Å². The summed E-state index contributed by atoms with van der Waals surface area (Å²) in [6.07, 6.45) is 14.2. The molecular formula is C28H56CeO6. The zero-order valence-corrected chi connectivity index (χ0v) is 27.0. The van der Waals surface area contributed by atoms with Gasteiger partial charge in [0.25, 0.3) is 0 Å². The topological polar surface area (TPSA) is 112 Å². The molecule has 0 amide bonds. The fraction of sp³-hybridized carbons (Fsp3) is 0.893. The normalized spacial score (nSPS) is 11.3. The van der Waals surface area contributed by atoms with Crippen molar-refractivity contribution in [2.45, 2.75) is 145 Å². The Kier molecular flexibility index (Phi) is 33.9. The van der Waals surface area contributed by atoms with Gasteiger partial charge in [-0.15, -0.1) is 0 Å². The van der Waals surface area contributed by atoms with Gasteiger partial charge in [0.2, 0.25) is 0 Å². The monoisotopic (exact) mass is 628 g/mol. The number of aliphatic carboxylic acids is 3. The summed E-state index contributed by atoms with van der Waals surface area (Å²) in [5.41, 5.74) is 0.392. The van der Waals surface area contributed by atoms with Crippen molar-refractivity contribution in [3.8, 4) is 0 Å². The maximum atomic E-state index is 10.4. The molecule has 0 aromatic rings. The van der Waals surface area contributed by atoms with E-state index in [2.05, 4.69) is 41.5 Å². The molecule has 0 fully saturated rings. The summed E-state index contributed by atoms with van der Waals surface area (Å²) in [7, 11) is 0. The van der Waals surface area contributed by atoms with E-state index < -0.39 is 17.9 Å². The first-order valence-corrected chi connectivity index (χ1v) is 13.4. The standard InChI is InChI=1S/2C10H20O2.C8H16O2.Ce/c1-10(2,3)8-6-4-5-7-9(11)12;1-9(2)7-5-3-4-6-8-10(11)12;1-3-5-6-7(4-2)8(9)10;/h4-8H2,1-3H3,(H,11,12);9H,3-8H2,1-2H3,(H,11,12);7H,3-6H2,1-2H3,(H,9,10);. The van der Waals surface area contributed by atoms with Crippen LogP contribution in [0.1, 0.15) is 145 Å². The maximum absolute atomic E-state index is 10.4. The number of rotatable bonds is 17. The summed E-state index contributed by atoms with van der Waals surface area (Å²) >= 11 is 0. The Labute approximate surface area is 249 Å². The van der Waals surface area contributed by atoms with E-state index in [1.165, 1.54) is 25.7 Å². The van der Waals surface area contributed by atoms with Crippen LogP contribution in [-0.4, -0.2) is 33.2 Å². The van der Waals surface area contributed by atoms with Gasteiger partial charge in [-0.1, -0.05) is 99.8 Å². The van der Waals surface area contributed by atoms with Crippen LogP contribution in [0.15, 0.2) is 0 Å². The third-order valence-corrected chi connectivity index (χ3v) is 5.49. The minimum Gasteiger partial charge on any atom is -0.481 e. The van der Waals surface area contributed by atoms with E-state index in [9.17, 15) is 14.4 Å². The Morgan fingerprint density at radius 1 is 0.686 bits per heavy atom. The number of carbonyl (C=O) groups is 3. The van der Waals surface area contributed by atoms with Crippen LogP contribution in [0.25, 0.3) is 0 Å². The molecule has 1 unspecified atom stereocenters. The molecule has 0 aromatic heterocycles. The van der Waals surface area contributed by atoms with Gasteiger partial charge in [-0.05, 0) is 43.4 Å². The van der Waals surface area contributed by atoms with Crippen LogP contribution in [0.3, 0.4) is 0 Å². The molecule has 3 N–H and O–H groups in total. The molecule has 0 aliphatic heterocycles. The van der Waals surface area contributed by atoms with Crippen molar-refractivity contribution in [3.05, 3.63) is 0 Å². The van der Waals surface area contributed by atoms with E-state index >= 15 is 0 Å². The van der Waals surface area contributed by atoms with E-state index in [0.717, 1.165) is 63.7 Å². The molecule has 7 heteroatoms. The predicted molar refractivity (Wildman–Crippen MR) is 141 cm³/mol. The molecular weight excluding hydrogens is 572 g/mol. The molecule has 0 saturated heterocycles. The van der Waals surface area contributed by atoms with Crippen molar-refractivity contribution in [1.82, 2.24) is 0 Å². The Balaban J connectivity index is -0.000000204. The van der Waals surface area contributed by atoms with Crippen LogP contribution < -0.4 is 0 Å². The minimum absolute atomic E-state index is 0. The zero-order valence-electron chi connectivity index (χ0n) is 23.8. The molecule has 0 aliphatic rings. The first-order valence-electron chi connectivity index (χ1n) is 13.4. The quantitative estimate of drug-likeness (QED) is 0.139. The Hall–Kier alpha value is -0.213. The van der Waals surface area contributed by atoms with Crippen molar-refractivity contribution in [3.63, 3.8) is 0 Å². The second-order valence-corrected chi connectivity index (χ2v) is 10.8. The molecule has 0 aliphatic carbocycles. The van der Waals surface area contributed by atoms with Gasteiger partial charge in [0.15, 0.2) is 0 Å². The van der Waals surface area contributed by atoms with E-state index in [-0.39, 0.29) is 47.7 Å². The van der Waals surface area contributed by atoms with Crippen LogP contribution in [0.5, 0.6) is 0 Å². The average molecular weight is 629 g/mol. The SMILES string of the molecule is CC(C)(C)CCCCCC(=O)O.CC(C)CCCCCCC(=O)O.CCCCC(CC)C(=O)O.[Ce]. The summed E-state index contributed by atoms with van der Waals surface area (Å²) in [6.45, 7) is 15.1. The Bertz CT molecular complexity index is 500. The molecule has 0 radical (unpaired) electrons. The second kappa shape index (κ2) is 28.4. The first kappa shape index (κ1) is 41.9. The van der Waals surface area contributed by atoms with Crippen LogP contribution in [0, 0.1) is 59.0 Å². The summed E-state index contributed by atoms with van der Waals surface area (Å²) in [5.74, 6) is -1.31. The number of carboxylic acids is 3. The van der Waals surface area contributed by atoms with Gasteiger partial charge < -0.3 is 15.3 Å².